The Labute approximate surface area is 90.4 Å². The fraction of sp³-hybridized carbons (Fsp3) is 0.300. The van der Waals surface area contributed by atoms with Crippen LogP contribution in [0.2, 0.25) is 0 Å². The Hall–Kier alpha value is -1.56. The highest BCUT2D eigenvalue weighted by molar-refractivity contribution is 5.94. The van der Waals surface area contributed by atoms with Crippen molar-refractivity contribution in [3.05, 3.63) is 29.6 Å². The van der Waals surface area contributed by atoms with Crippen molar-refractivity contribution in [1.29, 1.82) is 0 Å². The summed E-state index contributed by atoms with van der Waals surface area (Å²) < 4.78 is 38.1. The first-order chi connectivity index (χ1) is 7.45. The van der Waals surface area contributed by atoms with Gasteiger partial charge in [0, 0.05) is 17.8 Å². The summed E-state index contributed by atoms with van der Waals surface area (Å²) in [5.74, 6) is -4.87. The molecule has 0 saturated carbocycles. The van der Waals surface area contributed by atoms with Crippen molar-refractivity contribution in [2.75, 3.05) is 5.32 Å². The summed E-state index contributed by atoms with van der Waals surface area (Å²) in [5.41, 5.74) is 5.23. The van der Waals surface area contributed by atoms with Gasteiger partial charge in [-0.1, -0.05) is 6.92 Å². The maximum atomic E-state index is 12.8. The van der Waals surface area contributed by atoms with E-state index in [0.717, 1.165) is 0 Å². The average Bonchev–Trinajstić information content (AvgIpc) is 2.24. The molecule has 0 aromatic heterocycles. The zero-order valence-corrected chi connectivity index (χ0v) is 8.56. The van der Waals surface area contributed by atoms with Crippen LogP contribution < -0.4 is 11.1 Å². The summed E-state index contributed by atoms with van der Waals surface area (Å²) >= 11 is 0. The lowest BCUT2D eigenvalue weighted by atomic mass is 10.2. The van der Waals surface area contributed by atoms with E-state index in [2.05, 4.69) is 5.32 Å². The molecule has 0 fully saturated rings. The Balaban J connectivity index is 2.87. The summed E-state index contributed by atoms with van der Waals surface area (Å²) in [7, 11) is 0. The molecule has 1 rings (SSSR count). The zero-order chi connectivity index (χ0) is 12.3. The lowest BCUT2D eigenvalue weighted by molar-refractivity contribution is -0.117. The summed E-state index contributed by atoms with van der Waals surface area (Å²) in [5, 5.41) is 2.19. The monoisotopic (exact) mass is 232 g/mol. The van der Waals surface area contributed by atoms with E-state index < -0.39 is 29.4 Å². The maximum absolute atomic E-state index is 12.8. The number of anilines is 1. The van der Waals surface area contributed by atoms with Gasteiger partial charge in [0.1, 0.15) is 0 Å². The Kier molecular flexibility index (Phi) is 3.89. The molecule has 0 aliphatic carbocycles. The van der Waals surface area contributed by atoms with Crippen LogP contribution >= 0.6 is 0 Å². The lowest BCUT2D eigenvalue weighted by Gasteiger charge is -2.10. The highest BCUT2D eigenvalue weighted by Gasteiger charge is 2.14. The van der Waals surface area contributed by atoms with Gasteiger partial charge in [0.25, 0.3) is 0 Å². The fourth-order valence-electron chi connectivity index (χ4n) is 1.05. The van der Waals surface area contributed by atoms with Crippen molar-refractivity contribution in [2.24, 2.45) is 5.73 Å². The van der Waals surface area contributed by atoms with Crippen LogP contribution in [0.5, 0.6) is 0 Å². The molecule has 0 aliphatic heterocycles. The van der Waals surface area contributed by atoms with Crippen LogP contribution in [0.4, 0.5) is 18.9 Å². The zero-order valence-electron chi connectivity index (χ0n) is 8.56. The van der Waals surface area contributed by atoms with Crippen LogP contribution in [0.15, 0.2) is 12.1 Å². The molecule has 0 radical (unpaired) electrons. The standard InChI is InChI=1S/C10H11F3N2O/c1-2-8(14)10(16)15-5-3-6(11)9(13)7(12)4-5/h3-4,8H,2,14H2,1H3,(H,15,16). The molecule has 1 atom stereocenters. The smallest absolute Gasteiger partial charge is 0.241 e. The van der Waals surface area contributed by atoms with E-state index in [1.807, 2.05) is 0 Å². The van der Waals surface area contributed by atoms with Gasteiger partial charge in [-0.2, -0.15) is 0 Å². The number of benzene rings is 1. The minimum Gasteiger partial charge on any atom is -0.325 e. The second-order valence-electron chi connectivity index (χ2n) is 3.26. The van der Waals surface area contributed by atoms with E-state index in [-0.39, 0.29) is 5.69 Å². The van der Waals surface area contributed by atoms with E-state index in [1.165, 1.54) is 0 Å². The van der Waals surface area contributed by atoms with Crippen molar-refractivity contribution >= 4 is 11.6 Å². The number of hydrogen-bond donors (Lipinski definition) is 2. The molecule has 1 amide bonds. The molecule has 3 N–H and O–H groups in total. The predicted octanol–water partition coefficient (Wildman–Crippen LogP) is 1.78. The molecule has 88 valence electrons. The van der Waals surface area contributed by atoms with Crippen molar-refractivity contribution in [3.63, 3.8) is 0 Å². The molecular weight excluding hydrogens is 221 g/mol. The first-order valence-electron chi connectivity index (χ1n) is 4.66. The van der Waals surface area contributed by atoms with Crippen molar-refractivity contribution in [1.82, 2.24) is 0 Å². The van der Waals surface area contributed by atoms with Gasteiger partial charge in [0.05, 0.1) is 6.04 Å². The Morgan fingerprint density at radius 2 is 1.88 bits per heavy atom. The summed E-state index contributed by atoms with van der Waals surface area (Å²) in [6.07, 6.45) is 0.387. The van der Waals surface area contributed by atoms with Gasteiger partial charge in [-0.05, 0) is 6.42 Å². The first kappa shape index (κ1) is 12.5. The average molecular weight is 232 g/mol. The highest BCUT2D eigenvalue weighted by atomic mass is 19.2. The topological polar surface area (TPSA) is 55.1 Å². The number of amides is 1. The molecule has 0 bridgehead atoms. The van der Waals surface area contributed by atoms with E-state index in [1.54, 1.807) is 6.92 Å². The number of rotatable bonds is 3. The Morgan fingerprint density at radius 1 is 1.38 bits per heavy atom. The molecule has 6 heteroatoms. The van der Waals surface area contributed by atoms with Crippen molar-refractivity contribution in [2.45, 2.75) is 19.4 Å². The van der Waals surface area contributed by atoms with E-state index >= 15 is 0 Å². The van der Waals surface area contributed by atoms with Gasteiger partial charge in [-0.3, -0.25) is 4.79 Å². The second kappa shape index (κ2) is 4.98. The van der Waals surface area contributed by atoms with Crippen LogP contribution in [-0.2, 0) is 4.79 Å². The van der Waals surface area contributed by atoms with Gasteiger partial charge in [0.15, 0.2) is 17.5 Å². The highest BCUT2D eigenvalue weighted by Crippen LogP contribution is 2.17. The van der Waals surface area contributed by atoms with E-state index in [4.69, 9.17) is 5.73 Å². The van der Waals surface area contributed by atoms with Gasteiger partial charge < -0.3 is 11.1 Å². The molecule has 16 heavy (non-hydrogen) atoms. The van der Waals surface area contributed by atoms with Crippen molar-refractivity contribution in [3.8, 4) is 0 Å². The van der Waals surface area contributed by atoms with Crippen LogP contribution in [-0.4, -0.2) is 11.9 Å². The van der Waals surface area contributed by atoms with Gasteiger partial charge in [-0.15, -0.1) is 0 Å². The quantitative estimate of drug-likeness (QED) is 0.780. The van der Waals surface area contributed by atoms with Crippen LogP contribution in [0.25, 0.3) is 0 Å². The second-order valence-corrected chi connectivity index (χ2v) is 3.26. The Morgan fingerprint density at radius 3 is 2.31 bits per heavy atom. The SMILES string of the molecule is CCC(N)C(=O)Nc1cc(F)c(F)c(F)c1. The Bertz CT molecular complexity index is 386. The molecule has 1 unspecified atom stereocenters. The fourth-order valence-corrected chi connectivity index (χ4v) is 1.05. The maximum Gasteiger partial charge on any atom is 0.241 e. The minimum absolute atomic E-state index is 0.162. The van der Waals surface area contributed by atoms with Crippen LogP contribution in [0.1, 0.15) is 13.3 Å². The molecular formula is C10H11F3N2O. The molecule has 0 aliphatic rings. The van der Waals surface area contributed by atoms with E-state index in [9.17, 15) is 18.0 Å². The molecule has 1 aromatic rings. The van der Waals surface area contributed by atoms with Crippen molar-refractivity contribution < 1.29 is 18.0 Å². The van der Waals surface area contributed by atoms with Gasteiger partial charge >= 0.3 is 0 Å². The third-order valence-electron chi connectivity index (χ3n) is 2.03. The summed E-state index contributed by atoms with van der Waals surface area (Å²) in [6.45, 7) is 1.69. The molecule has 0 saturated heterocycles. The lowest BCUT2D eigenvalue weighted by Crippen LogP contribution is -2.34. The van der Waals surface area contributed by atoms with Gasteiger partial charge in [0.2, 0.25) is 5.91 Å². The minimum atomic E-state index is -1.57. The number of carbonyl (C=O) groups excluding carboxylic acids is 1. The first-order valence-corrected chi connectivity index (χ1v) is 4.66. The van der Waals surface area contributed by atoms with Crippen LogP contribution in [0, 0.1) is 17.5 Å². The normalized spacial score (nSPS) is 12.3. The van der Waals surface area contributed by atoms with E-state index in [0.29, 0.717) is 18.6 Å². The number of carbonyl (C=O) groups is 1. The third kappa shape index (κ3) is 2.73. The number of hydrogen-bond acceptors (Lipinski definition) is 2. The van der Waals surface area contributed by atoms with Gasteiger partial charge in [-0.25, -0.2) is 13.2 Å². The number of nitrogens with one attached hydrogen (secondary N) is 1. The number of nitrogens with two attached hydrogens (primary N) is 1. The molecule has 1 aromatic carbocycles. The third-order valence-corrected chi connectivity index (χ3v) is 2.03. The summed E-state index contributed by atoms with van der Waals surface area (Å²) in [6, 6.07) is 0.619. The molecule has 3 nitrogen and oxygen atoms in total. The predicted molar refractivity (Wildman–Crippen MR) is 53.2 cm³/mol. The van der Waals surface area contributed by atoms with Crippen LogP contribution in [0.3, 0.4) is 0 Å². The largest absolute Gasteiger partial charge is 0.325 e. The summed E-state index contributed by atoms with van der Waals surface area (Å²) in [4.78, 5) is 11.3. The molecule has 0 heterocycles. The number of halogens is 3. The molecule has 0 spiro atoms.